The normalized spacial score (nSPS) is 12.1. The topological polar surface area (TPSA) is 143 Å². The Bertz CT molecular complexity index is 1260. The van der Waals surface area contributed by atoms with E-state index in [0.29, 0.717) is 5.56 Å². The number of pyridine rings is 1. The lowest BCUT2D eigenvalue weighted by atomic mass is 10.1. The summed E-state index contributed by atoms with van der Waals surface area (Å²) in [6.45, 7) is 0. The van der Waals surface area contributed by atoms with Gasteiger partial charge in [-0.05, 0) is 24.3 Å². The molecule has 0 unspecified atom stereocenters. The molecule has 0 saturated carbocycles. The summed E-state index contributed by atoms with van der Waals surface area (Å²) >= 11 is 0. The van der Waals surface area contributed by atoms with Gasteiger partial charge in [-0.1, -0.05) is 18.2 Å². The minimum atomic E-state index is -4.68. The number of rotatable bonds is 8. The lowest BCUT2D eigenvalue weighted by Gasteiger charge is -2.09. The maximum absolute atomic E-state index is 12.9. The molecule has 5 N–H and O–H groups in total. The van der Waals surface area contributed by atoms with E-state index in [-0.39, 0.29) is 28.6 Å². The lowest BCUT2D eigenvalue weighted by Crippen LogP contribution is -2.21. The van der Waals surface area contributed by atoms with Crippen molar-refractivity contribution in [2.24, 2.45) is 5.73 Å². The Morgan fingerprint density at radius 1 is 1.12 bits per heavy atom. The summed E-state index contributed by atoms with van der Waals surface area (Å²) in [6, 6.07) is 8.33. The van der Waals surface area contributed by atoms with Gasteiger partial charge in [0, 0.05) is 11.3 Å². The van der Waals surface area contributed by atoms with E-state index in [4.69, 9.17) is 5.73 Å². The van der Waals surface area contributed by atoms with E-state index in [1.54, 1.807) is 0 Å². The number of alkyl halides is 5. The number of carbonyl (C=O) groups excluding carboxylic acids is 1. The minimum Gasteiger partial charge on any atom is -0.365 e. The molecule has 0 aliphatic heterocycles. The fraction of sp³-hybridized carbons (Fsp3) is 0.167. The zero-order chi connectivity index (χ0) is 24.4. The van der Waals surface area contributed by atoms with Crippen molar-refractivity contribution in [3.8, 4) is 11.3 Å². The second-order valence-electron chi connectivity index (χ2n) is 6.57. The van der Waals surface area contributed by atoms with Crippen LogP contribution in [0.4, 0.5) is 39.3 Å². The maximum atomic E-state index is 12.9. The molecule has 15 heteroatoms. The highest BCUT2D eigenvalue weighted by atomic mass is 32.2. The Balaban J connectivity index is 1.88. The number of H-pyrrole nitrogens is 1. The highest BCUT2D eigenvalue weighted by molar-refractivity contribution is 7.92. The van der Waals surface area contributed by atoms with Crippen molar-refractivity contribution in [2.45, 2.75) is 12.6 Å². The molecule has 0 saturated heterocycles. The van der Waals surface area contributed by atoms with E-state index in [1.165, 1.54) is 30.3 Å². The summed E-state index contributed by atoms with van der Waals surface area (Å²) in [7, 11) is -4.27. The van der Waals surface area contributed by atoms with Crippen molar-refractivity contribution in [1.82, 2.24) is 15.2 Å². The van der Waals surface area contributed by atoms with Crippen LogP contribution in [-0.2, 0) is 16.2 Å². The predicted octanol–water partition coefficient (Wildman–Crippen LogP) is 3.34. The van der Waals surface area contributed by atoms with Gasteiger partial charge >= 0.3 is 6.18 Å². The van der Waals surface area contributed by atoms with Crippen molar-refractivity contribution in [3.05, 3.63) is 53.7 Å². The first-order valence-electron chi connectivity index (χ1n) is 8.94. The number of nitrogens with zero attached hydrogens (tertiary/aromatic N) is 2. The van der Waals surface area contributed by atoms with Crippen LogP contribution >= 0.6 is 0 Å². The second-order valence-corrected chi connectivity index (χ2v) is 8.34. The molecule has 0 spiro atoms. The summed E-state index contributed by atoms with van der Waals surface area (Å²) in [5.41, 5.74) is 4.43. The molecule has 0 aliphatic carbocycles. The van der Waals surface area contributed by atoms with Gasteiger partial charge in [0.15, 0.2) is 5.82 Å². The number of halogens is 5. The molecule has 3 rings (SSSR count). The van der Waals surface area contributed by atoms with Crippen LogP contribution in [0.1, 0.15) is 16.1 Å². The van der Waals surface area contributed by atoms with Crippen LogP contribution in [0, 0.1) is 0 Å². The minimum absolute atomic E-state index is 0.00828. The molecule has 0 fully saturated rings. The first-order valence-corrected chi connectivity index (χ1v) is 10.6. The number of sulfonamides is 1. The standard InChI is InChI=1S/C18H15F5N6O3S/c19-12(20)8-33(31,32)29-10-6-4-9(5-7-10)15-14(16(24)30)17(28-27-15)26-13-3-1-2-11(25-13)18(21,22)23/h1-7,12,29H,8H2,(H2,24,30)(H2,25,26,27,28). The largest absolute Gasteiger partial charge is 0.433 e. The van der Waals surface area contributed by atoms with E-state index >= 15 is 0 Å². The number of nitrogens with one attached hydrogen (secondary N) is 3. The molecule has 0 atom stereocenters. The fourth-order valence-corrected chi connectivity index (χ4v) is 3.67. The quantitative estimate of drug-likeness (QED) is 0.357. The average molecular weight is 490 g/mol. The van der Waals surface area contributed by atoms with Gasteiger partial charge in [0.1, 0.15) is 22.8 Å². The number of carbonyl (C=O) groups is 1. The van der Waals surface area contributed by atoms with Crippen LogP contribution in [0.5, 0.6) is 0 Å². The first-order chi connectivity index (χ1) is 15.4. The Kier molecular flexibility index (Phi) is 6.53. The summed E-state index contributed by atoms with van der Waals surface area (Å²) in [4.78, 5) is 15.4. The second kappa shape index (κ2) is 9.01. The number of anilines is 3. The van der Waals surface area contributed by atoms with Crippen LogP contribution in [0.25, 0.3) is 11.3 Å². The van der Waals surface area contributed by atoms with Crippen LogP contribution in [0.3, 0.4) is 0 Å². The fourth-order valence-electron chi connectivity index (χ4n) is 2.76. The third-order valence-corrected chi connectivity index (χ3v) is 5.33. The molecular weight excluding hydrogens is 475 g/mol. The van der Waals surface area contributed by atoms with Crippen LogP contribution in [0.2, 0.25) is 0 Å². The molecule has 2 aromatic heterocycles. The zero-order valence-electron chi connectivity index (χ0n) is 16.3. The van der Waals surface area contributed by atoms with Gasteiger partial charge in [0.2, 0.25) is 10.0 Å². The molecule has 2 heterocycles. The van der Waals surface area contributed by atoms with E-state index in [1.807, 2.05) is 4.72 Å². The Labute approximate surface area is 183 Å². The van der Waals surface area contributed by atoms with Crippen molar-refractivity contribution >= 4 is 33.3 Å². The van der Waals surface area contributed by atoms with E-state index < -0.39 is 40.0 Å². The van der Waals surface area contributed by atoms with Crippen molar-refractivity contribution in [2.75, 3.05) is 15.8 Å². The smallest absolute Gasteiger partial charge is 0.365 e. The summed E-state index contributed by atoms with van der Waals surface area (Å²) in [5, 5.41) is 8.89. The zero-order valence-corrected chi connectivity index (χ0v) is 17.1. The van der Waals surface area contributed by atoms with Crippen molar-refractivity contribution in [3.63, 3.8) is 0 Å². The van der Waals surface area contributed by atoms with Crippen molar-refractivity contribution in [1.29, 1.82) is 0 Å². The Morgan fingerprint density at radius 2 is 1.79 bits per heavy atom. The van der Waals surface area contributed by atoms with E-state index in [9.17, 15) is 35.2 Å². The third-order valence-electron chi connectivity index (χ3n) is 4.09. The number of benzene rings is 1. The molecule has 1 aromatic carbocycles. The Morgan fingerprint density at radius 3 is 2.36 bits per heavy atom. The monoisotopic (exact) mass is 490 g/mol. The lowest BCUT2D eigenvalue weighted by molar-refractivity contribution is -0.141. The average Bonchev–Trinajstić information content (AvgIpc) is 3.10. The molecule has 33 heavy (non-hydrogen) atoms. The number of nitrogens with two attached hydrogens (primary N) is 1. The highest BCUT2D eigenvalue weighted by Gasteiger charge is 2.32. The van der Waals surface area contributed by atoms with Gasteiger partial charge in [-0.2, -0.15) is 18.3 Å². The molecule has 0 aliphatic rings. The van der Waals surface area contributed by atoms with Crippen LogP contribution in [-0.4, -0.2) is 41.7 Å². The molecule has 9 nitrogen and oxygen atoms in total. The molecule has 0 radical (unpaired) electrons. The third kappa shape index (κ3) is 5.94. The molecule has 3 aromatic rings. The number of aromatic nitrogens is 3. The Hall–Kier alpha value is -3.75. The number of amides is 1. The van der Waals surface area contributed by atoms with E-state index in [2.05, 4.69) is 20.5 Å². The molecular formula is C18H15F5N6O3S. The number of hydrogen-bond acceptors (Lipinski definition) is 6. The maximum Gasteiger partial charge on any atom is 0.433 e. The summed E-state index contributed by atoms with van der Waals surface area (Å²) < 4.78 is 88.5. The highest BCUT2D eigenvalue weighted by Crippen LogP contribution is 2.31. The van der Waals surface area contributed by atoms with Gasteiger partial charge in [-0.15, -0.1) is 0 Å². The molecule has 1 amide bonds. The van der Waals surface area contributed by atoms with Crippen LogP contribution < -0.4 is 15.8 Å². The molecule has 176 valence electrons. The SMILES string of the molecule is NC(=O)c1c(Nc2cccc(C(F)(F)F)n2)n[nH]c1-c1ccc(NS(=O)(=O)CC(F)F)cc1. The summed E-state index contributed by atoms with van der Waals surface area (Å²) in [5.74, 6) is -2.77. The van der Waals surface area contributed by atoms with Gasteiger partial charge in [0.05, 0.1) is 5.69 Å². The van der Waals surface area contributed by atoms with Gasteiger partial charge < -0.3 is 11.1 Å². The number of primary amides is 1. The number of aromatic amines is 1. The number of hydrogen-bond donors (Lipinski definition) is 4. The van der Waals surface area contributed by atoms with Crippen molar-refractivity contribution < 1.29 is 35.2 Å². The first kappa shape index (κ1) is 23.9. The summed E-state index contributed by atoms with van der Waals surface area (Å²) in [6.07, 6.45) is -7.73. The van der Waals surface area contributed by atoms with Gasteiger partial charge in [-0.25, -0.2) is 22.2 Å². The predicted molar refractivity (Wildman–Crippen MR) is 108 cm³/mol. The molecule has 0 bridgehead atoms. The van der Waals surface area contributed by atoms with E-state index in [0.717, 1.165) is 12.1 Å². The van der Waals surface area contributed by atoms with Gasteiger partial charge in [0.25, 0.3) is 12.3 Å². The van der Waals surface area contributed by atoms with Gasteiger partial charge in [-0.3, -0.25) is 14.6 Å². The van der Waals surface area contributed by atoms with Crippen LogP contribution in [0.15, 0.2) is 42.5 Å².